The number of carbonyl (C=O) groups excluding carboxylic acids is 16. The van der Waals surface area contributed by atoms with Crippen molar-refractivity contribution in [2.24, 2.45) is 0 Å². The van der Waals surface area contributed by atoms with Gasteiger partial charge in [0.2, 0.25) is 47.3 Å². The van der Waals surface area contributed by atoms with E-state index < -0.39 is 95.1 Å². The third-order valence-electron chi connectivity index (χ3n) is 16.5. The summed E-state index contributed by atoms with van der Waals surface area (Å²) in [7, 11) is 0. The fourth-order valence-electron chi connectivity index (χ4n) is 11.7. The van der Waals surface area contributed by atoms with Crippen molar-refractivity contribution < 1.29 is 76.7 Å². The van der Waals surface area contributed by atoms with Crippen LogP contribution < -0.4 is 21.3 Å². The Morgan fingerprint density at radius 3 is 0.830 bits per heavy atom. The number of imide groups is 8. The Morgan fingerprint density at radius 2 is 0.568 bits per heavy atom. The van der Waals surface area contributed by atoms with Gasteiger partial charge in [-0.2, -0.15) is 0 Å². The van der Waals surface area contributed by atoms with Crippen molar-refractivity contribution in [2.45, 2.75) is 155 Å². The molecule has 16 amide bonds. The van der Waals surface area contributed by atoms with Gasteiger partial charge in [0.25, 0.3) is 47.3 Å². The fraction of sp³-hybridized carbons (Fsp3) is 0.375. The molecule has 0 spiro atoms. The summed E-state index contributed by atoms with van der Waals surface area (Å²) in [6.45, 7) is 15.8. The van der Waals surface area contributed by atoms with Gasteiger partial charge in [-0.15, -0.1) is 0 Å². The Labute approximate surface area is 504 Å². The number of nitrogens with zero attached hydrogens (tertiary/aromatic N) is 4. The molecule has 0 aliphatic carbocycles. The summed E-state index contributed by atoms with van der Waals surface area (Å²) in [6.07, 6.45) is 1.20. The number of nitrogens with one attached hydrogen (secondary N) is 4. The maximum Gasteiger partial charge on any atom is 0.262 e. The van der Waals surface area contributed by atoms with Gasteiger partial charge in [0.15, 0.2) is 0 Å². The van der Waals surface area contributed by atoms with Gasteiger partial charge >= 0.3 is 0 Å². The molecule has 456 valence electrons. The van der Waals surface area contributed by atoms with E-state index in [4.69, 9.17) is 0 Å². The molecule has 4 unspecified atom stereocenters. The topological polar surface area (TPSA) is 334 Å². The zero-order valence-electron chi connectivity index (χ0n) is 49.5. The summed E-state index contributed by atoms with van der Waals surface area (Å²) in [6, 6.07) is 17.0. The Balaban J connectivity index is 0.000000140. The van der Waals surface area contributed by atoms with Gasteiger partial charge in [0.05, 0.1) is 44.5 Å². The van der Waals surface area contributed by atoms with Crippen LogP contribution in [0, 0.1) is 0 Å². The molecule has 4 aromatic rings. The second-order valence-electron chi connectivity index (χ2n) is 23.6. The first-order valence-electron chi connectivity index (χ1n) is 29.0. The molecule has 0 saturated carbocycles. The number of rotatable bonds is 8. The van der Waals surface area contributed by atoms with Gasteiger partial charge in [0.1, 0.15) is 24.2 Å². The van der Waals surface area contributed by atoms with Gasteiger partial charge in [-0.25, -0.2) is 0 Å². The van der Waals surface area contributed by atoms with E-state index in [-0.39, 0.29) is 98.7 Å². The number of fused-ring (bicyclic) bond motifs is 4. The first-order chi connectivity index (χ1) is 41.6. The lowest BCUT2D eigenvalue weighted by Gasteiger charge is -2.27. The normalized spacial score (nSPS) is 21.4. The van der Waals surface area contributed by atoms with Crippen molar-refractivity contribution in [1.29, 1.82) is 0 Å². The maximum atomic E-state index is 12.7. The van der Waals surface area contributed by atoms with Crippen LogP contribution in [0.5, 0.6) is 0 Å². The molecule has 4 aromatic carbocycles. The zero-order chi connectivity index (χ0) is 64.1. The minimum atomic E-state index is -0.912. The predicted molar refractivity (Wildman–Crippen MR) is 309 cm³/mol. The molecule has 8 aliphatic heterocycles. The van der Waals surface area contributed by atoms with Gasteiger partial charge in [0, 0.05) is 25.7 Å². The largest absolute Gasteiger partial charge is 0.295 e. The van der Waals surface area contributed by atoms with Gasteiger partial charge in [-0.3, -0.25) is 118 Å². The van der Waals surface area contributed by atoms with Crippen LogP contribution in [0.3, 0.4) is 0 Å². The first-order valence-corrected chi connectivity index (χ1v) is 29.0. The molecule has 12 rings (SSSR count). The molecule has 0 bridgehead atoms. The molecule has 4 atom stereocenters. The van der Waals surface area contributed by atoms with Gasteiger partial charge in [-0.05, 0) is 108 Å². The minimum Gasteiger partial charge on any atom is -0.295 e. The predicted octanol–water partition coefficient (Wildman–Crippen LogP) is 4.84. The average Bonchev–Trinajstić information content (AvgIpc) is 2.11. The first kappa shape index (κ1) is 62.5. The van der Waals surface area contributed by atoms with Crippen LogP contribution in [0.1, 0.15) is 236 Å². The minimum absolute atomic E-state index is 0.0911. The molecular formula is C64H64N8O16. The van der Waals surface area contributed by atoms with Crippen LogP contribution in [0.4, 0.5) is 0 Å². The summed E-state index contributed by atoms with van der Waals surface area (Å²) in [5, 5.41) is 8.73. The van der Waals surface area contributed by atoms with Gasteiger partial charge in [-0.1, -0.05) is 91.8 Å². The van der Waals surface area contributed by atoms with Crippen molar-refractivity contribution in [2.75, 3.05) is 0 Å². The van der Waals surface area contributed by atoms with Crippen LogP contribution in [-0.2, 0) is 38.4 Å². The van der Waals surface area contributed by atoms with E-state index in [1.807, 2.05) is 79.7 Å². The SMILES string of the molecule is CC(C)c1ccc2c(c1)C(=O)N(C1CCC(=O)NC1=O)C2=O.CC(C)c1ccc2c(c1)C(=O)N(C1CCC(=O)NC1=O)C2=O.CC(C)c1cccc2c1C(=O)N(C1CCC(=O)NC1=O)C2=O.CC(C)c1cccc2c1C(=O)N(C1CCC(=O)NC1=O)C2=O. The molecule has 4 N–H and O–H groups in total. The van der Waals surface area contributed by atoms with Crippen LogP contribution >= 0.6 is 0 Å². The number of benzene rings is 4. The fourth-order valence-corrected chi connectivity index (χ4v) is 11.7. The zero-order valence-corrected chi connectivity index (χ0v) is 49.5. The highest BCUT2D eigenvalue weighted by atomic mass is 16.2. The van der Waals surface area contributed by atoms with Crippen molar-refractivity contribution in [3.05, 3.63) is 140 Å². The van der Waals surface area contributed by atoms with E-state index in [0.29, 0.717) is 44.5 Å². The molecule has 88 heavy (non-hydrogen) atoms. The molecular weight excluding hydrogens is 1140 g/mol. The Bertz CT molecular complexity index is 3550. The van der Waals surface area contributed by atoms with Crippen molar-refractivity contribution >= 4 is 94.5 Å². The smallest absolute Gasteiger partial charge is 0.262 e. The highest BCUT2D eigenvalue weighted by Gasteiger charge is 2.49. The van der Waals surface area contributed by atoms with Crippen molar-refractivity contribution in [3.8, 4) is 0 Å². The number of hydrogen-bond donors (Lipinski definition) is 4. The van der Waals surface area contributed by atoms with E-state index in [2.05, 4.69) is 21.3 Å². The highest BCUT2D eigenvalue weighted by Crippen LogP contribution is 2.36. The van der Waals surface area contributed by atoms with Crippen molar-refractivity contribution in [1.82, 2.24) is 40.9 Å². The molecule has 4 saturated heterocycles. The van der Waals surface area contributed by atoms with E-state index in [0.717, 1.165) is 41.9 Å². The third kappa shape index (κ3) is 11.6. The lowest BCUT2D eigenvalue weighted by molar-refractivity contribution is -0.137. The number of amides is 16. The average molecular weight is 1200 g/mol. The molecule has 0 radical (unpaired) electrons. The van der Waals surface area contributed by atoms with Crippen LogP contribution in [-0.4, -0.2) is 138 Å². The lowest BCUT2D eigenvalue weighted by atomic mass is 9.94. The molecule has 0 aromatic heterocycles. The second kappa shape index (κ2) is 24.8. The highest BCUT2D eigenvalue weighted by molar-refractivity contribution is 6.27. The van der Waals surface area contributed by atoms with Crippen molar-refractivity contribution in [3.63, 3.8) is 0 Å². The Kier molecular flexibility index (Phi) is 17.6. The van der Waals surface area contributed by atoms with E-state index >= 15 is 0 Å². The standard InChI is InChI=1S/4C16H16N2O4/c2*1-8(2)9-3-4-10-11(7-9)16(22)18(15(10)21)12-5-6-13(19)17-14(12)20;2*1-8(2)9-4-3-5-10-13(9)16(22)18(15(10)21)11-6-7-12(19)17-14(11)20/h2*3-4,7-8,12H,5-6H2,1-2H3,(H,17,19,20);2*3-5,8,11H,6-7H2,1-2H3,(H,17,19,20). The Morgan fingerprint density at radius 1 is 0.307 bits per heavy atom. The molecule has 24 heteroatoms. The number of piperidine rings is 4. The summed E-state index contributed by atoms with van der Waals surface area (Å²) < 4.78 is 0. The number of carbonyl (C=O) groups is 16. The number of hydrogen-bond acceptors (Lipinski definition) is 16. The third-order valence-corrected chi connectivity index (χ3v) is 16.5. The molecule has 8 aliphatic rings. The summed E-state index contributed by atoms with van der Waals surface area (Å²) in [4.78, 5) is 197. The molecule has 24 nitrogen and oxygen atoms in total. The van der Waals surface area contributed by atoms with E-state index in [1.54, 1.807) is 48.5 Å². The van der Waals surface area contributed by atoms with E-state index in [9.17, 15) is 76.7 Å². The summed E-state index contributed by atoms with van der Waals surface area (Å²) in [5.41, 5.74) is 6.26. The second-order valence-corrected chi connectivity index (χ2v) is 23.6. The molecule has 4 fully saturated rings. The lowest BCUT2D eigenvalue weighted by Crippen LogP contribution is -2.54. The van der Waals surface area contributed by atoms with Crippen LogP contribution in [0.15, 0.2) is 72.8 Å². The summed E-state index contributed by atoms with van der Waals surface area (Å²) >= 11 is 0. The maximum absolute atomic E-state index is 12.7. The van der Waals surface area contributed by atoms with Gasteiger partial charge < -0.3 is 0 Å². The quantitative estimate of drug-likeness (QED) is 0.171. The monoisotopic (exact) mass is 1200 g/mol. The Hall–Kier alpha value is -10.0. The van der Waals surface area contributed by atoms with Crippen LogP contribution in [0.25, 0.3) is 0 Å². The molecule has 8 heterocycles. The van der Waals surface area contributed by atoms with Crippen LogP contribution in [0.2, 0.25) is 0 Å². The van der Waals surface area contributed by atoms with E-state index in [1.165, 1.54) is 0 Å². The summed E-state index contributed by atoms with van der Waals surface area (Å²) in [5.74, 6) is -6.87.